The van der Waals surface area contributed by atoms with Crippen molar-refractivity contribution in [2.24, 2.45) is 0 Å². The van der Waals surface area contributed by atoms with Gasteiger partial charge in [-0.3, -0.25) is 14.9 Å². The van der Waals surface area contributed by atoms with Gasteiger partial charge in [0, 0.05) is 26.2 Å². The summed E-state index contributed by atoms with van der Waals surface area (Å²) in [5.41, 5.74) is -1.03. The molecule has 1 amide bonds. The number of esters is 1. The summed E-state index contributed by atoms with van der Waals surface area (Å²) in [6, 6.07) is 6.61. The van der Waals surface area contributed by atoms with Crippen LogP contribution in [0, 0.1) is 10.1 Å². The molecule has 35 heavy (non-hydrogen) atoms. The summed E-state index contributed by atoms with van der Waals surface area (Å²) in [6.45, 7) is 2.83. The number of amides is 1. The second-order valence-corrected chi connectivity index (χ2v) is 7.60. The van der Waals surface area contributed by atoms with Crippen LogP contribution in [0.3, 0.4) is 0 Å². The lowest BCUT2D eigenvalue weighted by Gasteiger charge is -2.31. The highest BCUT2D eigenvalue weighted by atomic mass is 19.4. The molecule has 1 fully saturated rings. The van der Waals surface area contributed by atoms with Crippen LogP contribution >= 0.6 is 0 Å². The zero-order valence-corrected chi connectivity index (χ0v) is 18.8. The van der Waals surface area contributed by atoms with E-state index in [0.717, 1.165) is 18.2 Å². The second-order valence-electron chi connectivity index (χ2n) is 7.60. The first-order chi connectivity index (χ1) is 16.5. The summed E-state index contributed by atoms with van der Waals surface area (Å²) >= 11 is 0. The number of nitro groups is 1. The Balaban J connectivity index is 1.79. The van der Waals surface area contributed by atoms with Crippen molar-refractivity contribution in [3.05, 3.63) is 57.6 Å². The lowest BCUT2D eigenvalue weighted by molar-refractivity contribution is -0.384. The maximum atomic E-state index is 13.3. The van der Waals surface area contributed by atoms with E-state index in [1.165, 1.54) is 32.2 Å². The Kier molecular flexibility index (Phi) is 7.79. The number of hydrogen-bond acceptors (Lipinski definition) is 8. The van der Waals surface area contributed by atoms with E-state index in [2.05, 4.69) is 10.6 Å². The number of nitrogens with one attached hydrogen (secondary N) is 2. The van der Waals surface area contributed by atoms with Crippen LogP contribution in [-0.2, 0) is 20.4 Å². The standard InChI is InChI=1S/C22H23F3N4O6/c1-13(35-21(31)14-3-5-16(26-2)19(11-14)29(32)33)20(30)27-17-12-15(22(23,24)25)4-6-18(17)28-7-9-34-10-8-28/h3-6,11-13,26H,7-10H2,1-2H3,(H,27,30). The topological polar surface area (TPSA) is 123 Å². The first-order valence-electron chi connectivity index (χ1n) is 10.5. The van der Waals surface area contributed by atoms with Gasteiger partial charge in [-0.1, -0.05) is 0 Å². The zero-order chi connectivity index (χ0) is 25.8. The molecule has 0 aliphatic carbocycles. The quantitative estimate of drug-likeness (QED) is 0.338. The Hall–Kier alpha value is -3.87. The van der Waals surface area contributed by atoms with E-state index in [0.29, 0.717) is 32.0 Å². The predicted molar refractivity (Wildman–Crippen MR) is 121 cm³/mol. The maximum absolute atomic E-state index is 13.3. The number of carbonyl (C=O) groups excluding carboxylic acids is 2. The molecule has 0 saturated carbocycles. The fraction of sp³-hybridized carbons (Fsp3) is 0.364. The minimum absolute atomic E-state index is 0.0939. The van der Waals surface area contributed by atoms with Crippen molar-refractivity contribution in [1.29, 1.82) is 0 Å². The Labute approximate surface area is 198 Å². The molecule has 0 spiro atoms. The third kappa shape index (κ3) is 6.18. The number of benzene rings is 2. The highest BCUT2D eigenvalue weighted by Gasteiger charge is 2.32. The van der Waals surface area contributed by atoms with E-state index in [4.69, 9.17) is 9.47 Å². The lowest BCUT2D eigenvalue weighted by atomic mass is 10.1. The number of alkyl halides is 3. The number of rotatable bonds is 7. The monoisotopic (exact) mass is 496 g/mol. The van der Waals surface area contributed by atoms with Crippen molar-refractivity contribution in [2.75, 3.05) is 48.9 Å². The predicted octanol–water partition coefficient (Wildman–Crippen LogP) is 3.68. The van der Waals surface area contributed by atoms with Crippen LogP contribution in [0.4, 0.5) is 35.9 Å². The molecule has 2 aromatic rings. The highest BCUT2D eigenvalue weighted by molar-refractivity contribution is 5.99. The number of nitro benzene ring substituents is 1. The van der Waals surface area contributed by atoms with Gasteiger partial charge in [0.2, 0.25) is 0 Å². The van der Waals surface area contributed by atoms with Gasteiger partial charge in [-0.05, 0) is 37.3 Å². The maximum Gasteiger partial charge on any atom is 0.416 e. The van der Waals surface area contributed by atoms with Crippen molar-refractivity contribution in [1.82, 2.24) is 0 Å². The lowest BCUT2D eigenvalue weighted by Crippen LogP contribution is -2.37. The number of hydrogen-bond donors (Lipinski definition) is 2. The first kappa shape index (κ1) is 25.7. The Bertz CT molecular complexity index is 1120. The van der Waals surface area contributed by atoms with E-state index in [9.17, 15) is 32.9 Å². The number of morpholine rings is 1. The van der Waals surface area contributed by atoms with Crippen LogP contribution in [0.5, 0.6) is 0 Å². The molecule has 0 radical (unpaired) electrons. The average Bonchev–Trinajstić information content (AvgIpc) is 2.83. The summed E-state index contributed by atoms with van der Waals surface area (Å²) in [5, 5.41) is 16.2. The van der Waals surface area contributed by atoms with E-state index in [1.807, 2.05) is 0 Å². The smallest absolute Gasteiger partial charge is 0.416 e. The minimum Gasteiger partial charge on any atom is -0.449 e. The van der Waals surface area contributed by atoms with Gasteiger partial charge in [-0.15, -0.1) is 0 Å². The van der Waals surface area contributed by atoms with Gasteiger partial charge >= 0.3 is 12.1 Å². The van der Waals surface area contributed by atoms with Crippen LogP contribution in [0.25, 0.3) is 0 Å². The van der Waals surface area contributed by atoms with Gasteiger partial charge in [-0.25, -0.2) is 4.79 Å². The summed E-state index contributed by atoms with van der Waals surface area (Å²) < 4.78 is 50.2. The van der Waals surface area contributed by atoms with E-state index in [1.54, 1.807) is 4.90 Å². The number of carbonyl (C=O) groups is 2. The van der Waals surface area contributed by atoms with Crippen molar-refractivity contribution < 1.29 is 37.2 Å². The second kappa shape index (κ2) is 10.6. The van der Waals surface area contributed by atoms with Crippen molar-refractivity contribution in [3.8, 4) is 0 Å². The van der Waals surface area contributed by atoms with Crippen LogP contribution in [0.2, 0.25) is 0 Å². The molecule has 0 bridgehead atoms. The van der Waals surface area contributed by atoms with Crippen molar-refractivity contribution >= 4 is 34.6 Å². The van der Waals surface area contributed by atoms with E-state index < -0.39 is 34.6 Å². The average molecular weight is 496 g/mol. The molecule has 2 aromatic carbocycles. The first-order valence-corrected chi connectivity index (χ1v) is 10.5. The molecule has 1 unspecified atom stereocenters. The Morgan fingerprint density at radius 1 is 1.14 bits per heavy atom. The number of ether oxygens (including phenoxy) is 2. The van der Waals surface area contributed by atoms with E-state index >= 15 is 0 Å². The van der Waals surface area contributed by atoms with E-state index in [-0.39, 0.29) is 22.6 Å². The Morgan fingerprint density at radius 3 is 2.43 bits per heavy atom. The van der Waals surface area contributed by atoms with Gasteiger partial charge in [0.15, 0.2) is 6.10 Å². The van der Waals surface area contributed by atoms with Crippen LogP contribution in [0.1, 0.15) is 22.8 Å². The third-order valence-corrected chi connectivity index (χ3v) is 5.29. The summed E-state index contributed by atoms with van der Waals surface area (Å²) in [5.74, 6) is -1.87. The molecule has 1 atom stereocenters. The largest absolute Gasteiger partial charge is 0.449 e. The minimum atomic E-state index is -4.63. The molecule has 1 aliphatic heterocycles. The van der Waals surface area contributed by atoms with Gasteiger partial charge in [0.05, 0.1) is 40.6 Å². The SMILES string of the molecule is CNc1ccc(C(=O)OC(C)C(=O)Nc2cc(C(F)(F)F)ccc2N2CCOCC2)cc1[N+](=O)[O-]. The van der Waals surface area contributed by atoms with Crippen molar-refractivity contribution in [3.63, 3.8) is 0 Å². The van der Waals surface area contributed by atoms with Crippen molar-refractivity contribution in [2.45, 2.75) is 19.2 Å². The zero-order valence-electron chi connectivity index (χ0n) is 18.8. The third-order valence-electron chi connectivity index (χ3n) is 5.29. The van der Waals surface area contributed by atoms with Gasteiger partial charge < -0.3 is 25.0 Å². The molecule has 3 rings (SSSR count). The van der Waals surface area contributed by atoms with Crippen LogP contribution < -0.4 is 15.5 Å². The molecule has 10 nitrogen and oxygen atoms in total. The summed E-state index contributed by atoms with van der Waals surface area (Å²) in [7, 11) is 1.48. The van der Waals surface area contributed by atoms with Crippen LogP contribution in [0.15, 0.2) is 36.4 Å². The molecule has 188 valence electrons. The number of anilines is 3. The number of nitrogens with zero attached hydrogens (tertiary/aromatic N) is 2. The van der Waals surface area contributed by atoms with Crippen LogP contribution in [-0.4, -0.2) is 56.3 Å². The van der Waals surface area contributed by atoms with Gasteiger partial charge in [-0.2, -0.15) is 13.2 Å². The molecule has 13 heteroatoms. The fourth-order valence-corrected chi connectivity index (χ4v) is 3.43. The molecular formula is C22H23F3N4O6. The molecule has 0 aromatic heterocycles. The van der Waals surface area contributed by atoms with Gasteiger partial charge in [0.1, 0.15) is 5.69 Å². The molecule has 1 saturated heterocycles. The molecular weight excluding hydrogens is 473 g/mol. The molecule has 1 aliphatic rings. The molecule has 1 heterocycles. The summed E-state index contributed by atoms with van der Waals surface area (Å²) in [6.07, 6.45) is -6.03. The summed E-state index contributed by atoms with van der Waals surface area (Å²) in [4.78, 5) is 37.5. The number of halogens is 3. The molecule has 2 N–H and O–H groups in total. The Morgan fingerprint density at radius 2 is 1.83 bits per heavy atom. The van der Waals surface area contributed by atoms with Gasteiger partial charge in [0.25, 0.3) is 11.6 Å². The highest BCUT2D eigenvalue weighted by Crippen LogP contribution is 2.36. The fourth-order valence-electron chi connectivity index (χ4n) is 3.43. The normalized spacial score (nSPS) is 14.7.